The molecule has 0 N–H and O–H groups in total. The van der Waals surface area contributed by atoms with Crippen LogP contribution in [0.25, 0.3) is 66.1 Å². The van der Waals surface area contributed by atoms with E-state index in [1.807, 2.05) is 30.3 Å². The van der Waals surface area contributed by atoms with Crippen LogP contribution < -0.4 is 27.2 Å². The van der Waals surface area contributed by atoms with E-state index >= 15 is 0 Å². The number of hydrogen-bond donors (Lipinski definition) is 0. The van der Waals surface area contributed by atoms with Crippen LogP contribution in [0.15, 0.2) is 309 Å². The average Bonchev–Trinajstić information content (AvgIpc) is 4.12. The average molecular weight is 1050 g/mol. The molecule has 364 valence electrons. The molecule has 0 spiro atoms. The Morgan fingerprint density at radius 2 is 0.623 bits per heavy atom. The van der Waals surface area contributed by atoms with Gasteiger partial charge in [0, 0.05) is 16.5 Å². The molecule has 0 saturated heterocycles. The number of rotatable bonds is 12. The molecule has 4 nitrogen and oxygen atoms in total. The summed E-state index contributed by atoms with van der Waals surface area (Å²) in [5.74, 6) is 1.58. The van der Waals surface area contributed by atoms with Crippen LogP contribution in [0.2, 0.25) is 0 Å². The molecular weight excluding hydrogens is 995 g/mol. The smallest absolute Gasteiger partial charge is 0.0172 e. The zero-order chi connectivity index (χ0) is 51.1. The van der Waals surface area contributed by atoms with E-state index in [2.05, 4.69) is 293 Å². The first kappa shape index (κ1) is 46.0. The molecule has 2 aromatic heterocycles. The summed E-state index contributed by atoms with van der Waals surface area (Å²) in [7, 11) is 0. The molecule has 14 aromatic rings. The Hall–Kier alpha value is -9.62. The van der Waals surface area contributed by atoms with Crippen molar-refractivity contribution >= 4 is 91.5 Å². The van der Waals surface area contributed by atoms with E-state index in [0.717, 1.165) is 56.5 Å². The van der Waals surface area contributed by atoms with Gasteiger partial charge in [-0.05, 0) is 72.8 Å². The number of para-hydroxylation sites is 4. The van der Waals surface area contributed by atoms with Crippen LogP contribution in [-0.4, -0.2) is 22.4 Å². The fraction of sp³-hybridized carbons (Fsp3) is 0. The van der Waals surface area contributed by atoms with Crippen molar-refractivity contribution < 1.29 is 4.74 Å². The summed E-state index contributed by atoms with van der Waals surface area (Å²) in [6.07, 6.45) is 0. The van der Waals surface area contributed by atoms with Crippen LogP contribution in [0.4, 0.5) is 17.1 Å². The Morgan fingerprint density at radius 3 is 1.14 bits per heavy atom. The van der Waals surface area contributed by atoms with Gasteiger partial charge in [0.05, 0.1) is 11.0 Å². The van der Waals surface area contributed by atoms with Crippen molar-refractivity contribution in [3.63, 3.8) is 0 Å². The van der Waals surface area contributed by atoms with Gasteiger partial charge in [-0.15, -0.1) is 0 Å². The van der Waals surface area contributed by atoms with E-state index in [1.165, 1.54) is 55.8 Å². The van der Waals surface area contributed by atoms with Gasteiger partial charge in [0.25, 0.3) is 0 Å². The van der Waals surface area contributed by atoms with Gasteiger partial charge in [0.15, 0.2) is 0 Å². The predicted octanol–water partition coefficient (Wildman–Crippen LogP) is 16.2. The van der Waals surface area contributed by atoms with Gasteiger partial charge < -0.3 is 9.30 Å². The molecule has 77 heavy (non-hydrogen) atoms. The summed E-state index contributed by atoms with van der Waals surface area (Å²) in [4.78, 5) is 2.39. The molecule has 5 heteroatoms. The van der Waals surface area contributed by atoms with Gasteiger partial charge in [-0.25, -0.2) is 0 Å². The predicted molar refractivity (Wildman–Crippen MR) is 325 cm³/mol. The standard InChI is InChI=1S/C72H51GeN3O/c1-7-21-54(22-8-1)73(55-23-9-2-10-24-55,56-25-11-3-12-26-56)57-38-35-52(36-39-57)53-37-46-70-66(49-53)68-51-62(43-48-72(68)76(70)59-29-15-5-16-30-59)74(60-40-44-64(45-41-60)77-63-31-17-6-18-32-63)61-42-47-71-67(50-61)65-33-19-20-34-69(65)75(71)58-27-13-4-14-28-58/h1-51H. The maximum Gasteiger partial charge on any atom is -0.0172 e. The largest absolute Gasteiger partial charge is 0.0586 e. The second kappa shape index (κ2) is 19.6. The van der Waals surface area contributed by atoms with Crippen molar-refractivity contribution in [1.29, 1.82) is 0 Å². The van der Waals surface area contributed by atoms with Crippen molar-refractivity contribution in [2.24, 2.45) is 0 Å². The Kier molecular flexibility index (Phi) is 11.7. The topological polar surface area (TPSA) is 22.3 Å². The third kappa shape index (κ3) is 8.09. The molecule has 0 fully saturated rings. The Balaban J connectivity index is 0.938. The fourth-order valence-electron chi connectivity index (χ4n) is 11.9. The van der Waals surface area contributed by atoms with E-state index in [1.54, 1.807) is 0 Å². The normalized spacial score (nSPS) is 11.6. The molecular formula is C72H51GeN3O. The number of nitrogens with zero attached hydrogens (tertiary/aromatic N) is 3. The maximum atomic E-state index is 6.34. The first-order chi connectivity index (χ1) is 38.2. The molecule has 0 amide bonds. The number of anilines is 3. The quantitative estimate of drug-likeness (QED) is 0.114. The number of aromatic nitrogens is 2. The van der Waals surface area contributed by atoms with Crippen LogP contribution >= 0.6 is 0 Å². The van der Waals surface area contributed by atoms with Crippen molar-refractivity contribution in [2.45, 2.75) is 0 Å². The molecule has 0 aliphatic carbocycles. The van der Waals surface area contributed by atoms with Crippen molar-refractivity contribution in [2.75, 3.05) is 4.90 Å². The van der Waals surface area contributed by atoms with Crippen LogP contribution in [0.3, 0.4) is 0 Å². The van der Waals surface area contributed by atoms with E-state index < -0.39 is 13.3 Å². The molecule has 0 bridgehead atoms. The summed E-state index contributed by atoms with van der Waals surface area (Å²) in [5, 5.41) is 4.74. The number of fused-ring (bicyclic) bond motifs is 6. The zero-order valence-electron chi connectivity index (χ0n) is 42.2. The van der Waals surface area contributed by atoms with Gasteiger partial charge >= 0.3 is 272 Å². The first-order valence-corrected chi connectivity index (χ1v) is 30.5. The Labute approximate surface area is 450 Å². The van der Waals surface area contributed by atoms with E-state index in [4.69, 9.17) is 4.74 Å². The summed E-state index contributed by atoms with van der Waals surface area (Å²) in [5.41, 5.74) is 12.4. The Morgan fingerprint density at radius 1 is 0.260 bits per heavy atom. The van der Waals surface area contributed by atoms with E-state index in [0.29, 0.717) is 0 Å². The minimum Gasteiger partial charge on any atom is -0.0586 e. The van der Waals surface area contributed by atoms with Crippen molar-refractivity contribution in [3.8, 4) is 34.0 Å². The molecule has 0 radical (unpaired) electrons. The molecule has 14 rings (SSSR count). The van der Waals surface area contributed by atoms with Crippen LogP contribution in [-0.2, 0) is 0 Å². The van der Waals surface area contributed by atoms with Crippen molar-refractivity contribution in [1.82, 2.24) is 9.13 Å². The SMILES string of the molecule is c1ccc(Oc2ccc(N(c3ccc4c(c3)c3ccccc3n4-c3ccccc3)c3ccc4c(c3)c3cc(-c5cc[c]([Ge]([c]6ccccc6)([c]6ccccc6)[c]6ccccc6)cc5)ccc3n4-c3ccccc3)cc2)cc1. The summed E-state index contributed by atoms with van der Waals surface area (Å²) < 4.78 is 16.7. The molecule has 0 aliphatic rings. The molecule has 0 saturated carbocycles. The van der Waals surface area contributed by atoms with Crippen LogP contribution in [0, 0.1) is 0 Å². The van der Waals surface area contributed by atoms with E-state index in [9.17, 15) is 0 Å². The van der Waals surface area contributed by atoms with Crippen LogP contribution in [0.5, 0.6) is 11.5 Å². The zero-order valence-corrected chi connectivity index (χ0v) is 44.3. The third-order valence-corrected chi connectivity index (χ3v) is 25.4. The van der Waals surface area contributed by atoms with Crippen molar-refractivity contribution in [3.05, 3.63) is 309 Å². The summed E-state index contributed by atoms with van der Waals surface area (Å²) in [6, 6.07) is 113. The maximum absolute atomic E-state index is 6.34. The van der Waals surface area contributed by atoms with E-state index in [-0.39, 0.29) is 0 Å². The third-order valence-electron chi connectivity index (χ3n) is 15.3. The van der Waals surface area contributed by atoms with Crippen LogP contribution in [0.1, 0.15) is 0 Å². The molecule has 2 heterocycles. The summed E-state index contributed by atoms with van der Waals surface area (Å²) >= 11 is -3.45. The minimum absolute atomic E-state index is 0.775. The van der Waals surface area contributed by atoms with Gasteiger partial charge in [-0.1, -0.05) is 60.7 Å². The van der Waals surface area contributed by atoms with Gasteiger partial charge in [-0.3, -0.25) is 0 Å². The second-order valence-corrected chi connectivity index (χ2v) is 27.7. The van der Waals surface area contributed by atoms with Gasteiger partial charge in [0.1, 0.15) is 11.5 Å². The number of benzene rings is 12. The van der Waals surface area contributed by atoms with Gasteiger partial charge in [-0.2, -0.15) is 0 Å². The number of ether oxygens (including phenoxy) is 1. The first-order valence-electron chi connectivity index (χ1n) is 26.3. The molecule has 0 unspecified atom stereocenters. The molecule has 0 aliphatic heterocycles. The molecule has 12 aromatic carbocycles. The number of hydrogen-bond acceptors (Lipinski definition) is 2. The monoisotopic (exact) mass is 1050 g/mol. The second-order valence-electron chi connectivity index (χ2n) is 19.7. The molecule has 0 atom stereocenters. The minimum atomic E-state index is -3.45. The Bertz CT molecular complexity index is 4270. The summed E-state index contributed by atoms with van der Waals surface area (Å²) in [6.45, 7) is 0. The van der Waals surface area contributed by atoms with Gasteiger partial charge in [0.2, 0.25) is 0 Å². The fourth-order valence-corrected chi connectivity index (χ4v) is 21.8.